The zero-order chi connectivity index (χ0) is 15.5. The molecule has 114 valence electrons. The van der Waals surface area contributed by atoms with Gasteiger partial charge in [0.2, 0.25) is 5.16 Å². The zero-order valence-corrected chi connectivity index (χ0v) is 13.8. The SMILES string of the molecule is CCC(O)(CC)CSc1nnnn1-c1ccc(C)c(C)c1. The zero-order valence-electron chi connectivity index (χ0n) is 13.0. The summed E-state index contributed by atoms with van der Waals surface area (Å²) in [5.41, 5.74) is 2.73. The number of aliphatic hydroxyl groups is 1. The number of aryl methyl sites for hydroxylation is 2. The molecule has 0 atom stereocenters. The molecular formula is C15H22N4OS. The van der Waals surface area contributed by atoms with Gasteiger partial charge in [0.05, 0.1) is 11.3 Å². The third kappa shape index (κ3) is 3.63. The molecule has 6 heteroatoms. The molecule has 5 nitrogen and oxygen atoms in total. The number of aromatic nitrogens is 4. The number of nitrogens with zero attached hydrogens (tertiary/aromatic N) is 4. The molecule has 0 saturated heterocycles. The Morgan fingerprint density at radius 3 is 2.52 bits per heavy atom. The number of benzene rings is 1. The van der Waals surface area contributed by atoms with Gasteiger partial charge in [-0.3, -0.25) is 0 Å². The first kappa shape index (κ1) is 16.0. The molecule has 21 heavy (non-hydrogen) atoms. The number of rotatable bonds is 6. The topological polar surface area (TPSA) is 63.8 Å². The van der Waals surface area contributed by atoms with Crippen LogP contribution in [0.25, 0.3) is 5.69 Å². The minimum absolute atomic E-state index is 0.589. The van der Waals surface area contributed by atoms with E-state index in [1.54, 1.807) is 4.68 Å². The molecule has 0 saturated carbocycles. The van der Waals surface area contributed by atoms with Gasteiger partial charge in [0.1, 0.15) is 0 Å². The summed E-state index contributed by atoms with van der Waals surface area (Å²) in [6.45, 7) is 8.15. The number of hydrogen-bond donors (Lipinski definition) is 1. The summed E-state index contributed by atoms with van der Waals surface area (Å²) < 4.78 is 1.73. The predicted octanol–water partition coefficient (Wildman–Crippen LogP) is 2.92. The van der Waals surface area contributed by atoms with Crippen molar-refractivity contribution in [2.24, 2.45) is 0 Å². The quantitative estimate of drug-likeness (QED) is 0.831. The van der Waals surface area contributed by atoms with E-state index < -0.39 is 5.60 Å². The lowest BCUT2D eigenvalue weighted by atomic mass is 10.0. The highest BCUT2D eigenvalue weighted by Crippen LogP contribution is 2.26. The number of thioether (sulfide) groups is 1. The lowest BCUT2D eigenvalue weighted by Crippen LogP contribution is -2.29. The molecule has 0 amide bonds. The highest BCUT2D eigenvalue weighted by molar-refractivity contribution is 7.99. The summed E-state index contributed by atoms with van der Waals surface area (Å²) in [4.78, 5) is 0. The van der Waals surface area contributed by atoms with Crippen LogP contribution in [0, 0.1) is 13.8 Å². The first-order chi connectivity index (χ1) is 9.99. The van der Waals surface area contributed by atoms with Gasteiger partial charge >= 0.3 is 0 Å². The smallest absolute Gasteiger partial charge is 0.214 e. The Hall–Kier alpha value is -1.40. The summed E-state index contributed by atoms with van der Waals surface area (Å²) in [5.74, 6) is 0.589. The molecule has 1 heterocycles. The van der Waals surface area contributed by atoms with Crippen molar-refractivity contribution in [3.8, 4) is 5.69 Å². The molecule has 1 aromatic carbocycles. The summed E-state index contributed by atoms with van der Waals surface area (Å²) >= 11 is 1.49. The van der Waals surface area contributed by atoms with Crippen LogP contribution in [0.1, 0.15) is 37.8 Å². The van der Waals surface area contributed by atoms with E-state index in [0.717, 1.165) is 18.5 Å². The molecule has 0 aliphatic rings. The van der Waals surface area contributed by atoms with Crippen molar-refractivity contribution in [3.05, 3.63) is 29.3 Å². The molecular weight excluding hydrogens is 284 g/mol. The van der Waals surface area contributed by atoms with Crippen LogP contribution >= 0.6 is 11.8 Å². The van der Waals surface area contributed by atoms with E-state index in [-0.39, 0.29) is 0 Å². The van der Waals surface area contributed by atoms with Gasteiger partial charge in [-0.25, -0.2) is 0 Å². The Morgan fingerprint density at radius 2 is 1.90 bits per heavy atom. The summed E-state index contributed by atoms with van der Waals surface area (Å²) in [6.07, 6.45) is 1.45. The molecule has 1 aromatic heterocycles. The van der Waals surface area contributed by atoms with Gasteiger partial charge in [0.15, 0.2) is 0 Å². The van der Waals surface area contributed by atoms with Crippen LogP contribution in [0.4, 0.5) is 0 Å². The summed E-state index contributed by atoms with van der Waals surface area (Å²) in [5, 5.41) is 23.0. The second kappa shape index (κ2) is 6.58. The first-order valence-corrected chi connectivity index (χ1v) is 8.19. The van der Waals surface area contributed by atoms with E-state index in [0.29, 0.717) is 10.9 Å². The fourth-order valence-corrected chi connectivity index (χ4v) is 3.11. The van der Waals surface area contributed by atoms with Crippen molar-refractivity contribution in [3.63, 3.8) is 0 Å². The van der Waals surface area contributed by atoms with Crippen LogP contribution in [-0.4, -0.2) is 36.7 Å². The largest absolute Gasteiger partial charge is 0.389 e. The molecule has 0 spiro atoms. The van der Waals surface area contributed by atoms with E-state index >= 15 is 0 Å². The monoisotopic (exact) mass is 306 g/mol. The Kier molecular flexibility index (Phi) is 5.00. The van der Waals surface area contributed by atoms with E-state index in [1.807, 2.05) is 19.9 Å². The molecule has 0 fully saturated rings. The van der Waals surface area contributed by atoms with Crippen molar-refractivity contribution in [2.45, 2.75) is 51.3 Å². The fraction of sp³-hybridized carbons (Fsp3) is 0.533. The third-order valence-electron chi connectivity index (χ3n) is 3.96. The molecule has 0 aliphatic carbocycles. The average molecular weight is 306 g/mol. The Morgan fingerprint density at radius 1 is 1.19 bits per heavy atom. The van der Waals surface area contributed by atoms with Crippen molar-refractivity contribution >= 4 is 11.8 Å². The normalized spacial score (nSPS) is 11.9. The third-order valence-corrected chi connectivity index (χ3v) is 5.16. The van der Waals surface area contributed by atoms with Crippen molar-refractivity contribution in [2.75, 3.05) is 5.75 Å². The maximum absolute atomic E-state index is 10.4. The van der Waals surface area contributed by atoms with Gasteiger partial charge < -0.3 is 5.11 Å². The van der Waals surface area contributed by atoms with Crippen LogP contribution in [0.15, 0.2) is 23.4 Å². The van der Waals surface area contributed by atoms with Gasteiger partial charge in [-0.2, -0.15) is 4.68 Å². The second-order valence-corrected chi connectivity index (χ2v) is 6.30. The van der Waals surface area contributed by atoms with Crippen molar-refractivity contribution in [1.29, 1.82) is 0 Å². The highest BCUT2D eigenvalue weighted by Gasteiger charge is 2.24. The molecule has 2 rings (SSSR count). The molecule has 0 radical (unpaired) electrons. The van der Waals surface area contributed by atoms with Gasteiger partial charge in [0, 0.05) is 5.75 Å². The maximum Gasteiger partial charge on any atom is 0.214 e. The van der Waals surface area contributed by atoms with E-state index in [4.69, 9.17) is 0 Å². The molecule has 2 aromatic rings. The Labute approximate surface area is 129 Å². The lowest BCUT2D eigenvalue weighted by molar-refractivity contribution is 0.0571. The lowest BCUT2D eigenvalue weighted by Gasteiger charge is -2.24. The van der Waals surface area contributed by atoms with E-state index in [9.17, 15) is 5.11 Å². The van der Waals surface area contributed by atoms with Crippen LogP contribution in [0.3, 0.4) is 0 Å². The highest BCUT2D eigenvalue weighted by atomic mass is 32.2. The maximum atomic E-state index is 10.4. The second-order valence-electron chi connectivity index (χ2n) is 5.36. The van der Waals surface area contributed by atoms with Gasteiger partial charge in [0.25, 0.3) is 0 Å². The predicted molar refractivity (Wildman–Crippen MR) is 84.9 cm³/mol. The Bertz CT molecular complexity index is 607. The molecule has 0 aliphatic heterocycles. The molecule has 0 unspecified atom stereocenters. The van der Waals surface area contributed by atoms with Gasteiger partial charge in [-0.05, 0) is 60.4 Å². The minimum atomic E-state index is -0.662. The van der Waals surface area contributed by atoms with Crippen molar-refractivity contribution in [1.82, 2.24) is 20.2 Å². The van der Waals surface area contributed by atoms with Crippen LogP contribution in [0.2, 0.25) is 0 Å². The van der Waals surface area contributed by atoms with E-state index in [1.165, 1.54) is 22.9 Å². The minimum Gasteiger partial charge on any atom is -0.389 e. The number of tetrazole rings is 1. The fourth-order valence-electron chi connectivity index (χ4n) is 1.94. The van der Waals surface area contributed by atoms with E-state index in [2.05, 4.69) is 41.5 Å². The standard InChI is InChI=1S/C15H22N4OS/c1-5-15(20,6-2)10-21-14-16-17-18-19(14)13-8-7-11(3)12(4)9-13/h7-9,20H,5-6,10H2,1-4H3. The van der Waals surface area contributed by atoms with Crippen molar-refractivity contribution < 1.29 is 5.11 Å². The van der Waals surface area contributed by atoms with Gasteiger partial charge in [-0.15, -0.1) is 5.10 Å². The molecule has 1 N–H and O–H groups in total. The van der Waals surface area contributed by atoms with Crippen LogP contribution in [0.5, 0.6) is 0 Å². The van der Waals surface area contributed by atoms with Crippen LogP contribution < -0.4 is 0 Å². The summed E-state index contributed by atoms with van der Waals surface area (Å²) in [6, 6.07) is 6.14. The Balaban J connectivity index is 2.20. The van der Waals surface area contributed by atoms with Gasteiger partial charge in [-0.1, -0.05) is 31.7 Å². The average Bonchev–Trinajstić information content (AvgIpc) is 2.96. The molecule has 0 bridgehead atoms. The first-order valence-electron chi connectivity index (χ1n) is 7.20. The summed E-state index contributed by atoms with van der Waals surface area (Å²) in [7, 11) is 0. The number of hydrogen-bond acceptors (Lipinski definition) is 5. The van der Waals surface area contributed by atoms with Crippen LogP contribution in [-0.2, 0) is 0 Å².